The lowest BCUT2D eigenvalue weighted by Crippen LogP contribution is -2.31. The van der Waals surface area contributed by atoms with Crippen LogP contribution >= 0.6 is 0 Å². The molecule has 0 aliphatic carbocycles. The first-order valence-electron chi connectivity index (χ1n) is 22.7. The van der Waals surface area contributed by atoms with Crippen LogP contribution in [0.25, 0.3) is 72.3 Å². The molecule has 65 heavy (non-hydrogen) atoms. The topological polar surface area (TPSA) is 35.9 Å². The Morgan fingerprint density at radius 1 is 0.477 bits per heavy atom. The van der Waals surface area contributed by atoms with Gasteiger partial charge in [-0.15, -0.1) is 0 Å². The van der Waals surface area contributed by atoms with Gasteiger partial charge >= 0.3 is 0 Å². The van der Waals surface area contributed by atoms with Gasteiger partial charge in [0, 0.05) is 23.0 Å². The number of ether oxygens (including phenoxy) is 1. The Morgan fingerprint density at radius 3 is 1.72 bits per heavy atom. The molecule has 5 heteroatoms. The number of hydrogen-bond acceptors (Lipinski definition) is 2. The van der Waals surface area contributed by atoms with Gasteiger partial charge in [-0.3, -0.25) is 13.7 Å². The smallest absolute Gasteiger partial charge is 0.269 e. The molecule has 10 aromatic rings. The standard InChI is InChI=1S/C60H56N4O/c1-58(2,3)42-20-14-18-40(34-42)48-25-17-26-49(41-19-15-21-43(35-41)59(4,5)6)57(48)63-39-62(53-28-12-13-29-54(53)63)45-22-16-23-46(37-45)65-47-30-31-51-50-24-10-11-27-52(50)64(55(51)38-47)56-36-44(32-33-61-56)60(7,8)9/h10-38H,1-9H3. The molecule has 322 valence electrons. The van der Waals surface area contributed by atoms with Crippen LogP contribution < -0.4 is 9.30 Å². The SMILES string of the molecule is CC(C)(C)c1cccc(-c2cccc(-c3cccc(C(C)(C)C)c3)c2-[n+]2[c-]n(-c3cccc(Oc4ccc5c6ccccc6n(-c6cc(C(C)(C)C)ccn6)c5c4)c3)c3ccccc32)c1. The van der Waals surface area contributed by atoms with Crippen LogP contribution in [0.3, 0.4) is 0 Å². The molecule has 0 saturated carbocycles. The number of aromatic nitrogens is 4. The summed E-state index contributed by atoms with van der Waals surface area (Å²) in [6, 6.07) is 60.9. The predicted molar refractivity (Wildman–Crippen MR) is 269 cm³/mol. The summed E-state index contributed by atoms with van der Waals surface area (Å²) in [5.41, 5.74) is 14.7. The normalized spacial score (nSPS) is 12.4. The Balaban J connectivity index is 1.10. The van der Waals surface area contributed by atoms with Crippen LogP contribution in [0.1, 0.15) is 79.0 Å². The van der Waals surface area contributed by atoms with E-state index in [1.807, 2.05) is 12.3 Å². The van der Waals surface area contributed by atoms with Crippen molar-refractivity contribution in [2.45, 2.75) is 78.6 Å². The van der Waals surface area contributed by atoms with Gasteiger partial charge in [-0.25, -0.2) is 4.98 Å². The van der Waals surface area contributed by atoms with Gasteiger partial charge < -0.3 is 4.74 Å². The molecule has 0 N–H and O–H groups in total. The molecule has 0 fully saturated rings. The maximum Gasteiger partial charge on any atom is 0.269 e. The monoisotopic (exact) mass is 848 g/mol. The predicted octanol–water partition coefficient (Wildman–Crippen LogP) is 15.2. The van der Waals surface area contributed by atoms with E-state index < -0.39 is 0 Å². The summed E-state index contributed by atoms with van der Waals surface area (Å²) in [4.78, 5) is 4.89. The van der Waals surface area contributed by atoms with E-state index in [1.165, 1.54) is 33.2 Å². The zero-order valence-corrected chi connectivity index (χ0v) is 38.9. The molecule has 0 aliphatic rings. The first-order valence-corrected chi connectivity index (χ1v) is 22.7. The van der Waals surface area contributed by atoms with Crippen molar-refractivity contribution in [2.24, 2.45) is 0 Å². The van der Waals surface area contributed by atoms with Gasteiger partial charge in [0.15, 0.2) is 0 Å². The van der Waals surface area contributed by atoms with Crippen molar-refractivity contribution >= 4 is 32.8 Å². The van der Waals surface area contributed by atoms with E-state index in [0.717, 1.165) is 67.3 Å². The highest BCUT2D eigenvalue weighted by Crippen LogP contribution is 2.39. The molecule has 10 rings (SSSR count). The molecule has 0 bridgehead atoms. The van der Waals surface area contributed by atoms with Gasteiger partial charge in [-0.05, 0) is 104 Å². The Labute approximate surface area is 383 Å². The third-order valence-corrected chi connectivity index (χ3v) is 12.7. The minimum atomic E-state index is -0.0146. The first kappa shape index (κ1) is 41.8. The summed E-state index contributed by atoms with van der Waals surface area (Å²) in [7, 11) is 0. The van der Waals surface area contributed by atoms with Gasteiger partial charge in [-0.1, -0.05) is 178 Å². The van der Waals surface area contributed by atoms with Crippen molar-refractivity contribution in [2.75, 3.05) is 0 Å². The molecule has 5 nitrogen and oxygen atoms in total. The maximum absolute atomic E-state index is 6.78. The van der Waals surface area contributed by atoms with E-state index in [0.29, 0.717) is 0 Å². The van der Waals surface area contributed by atoms with Gasteiger partial charge in [0.25, 0.3) is 6.33 Å². The molecule has 3 aromatic heterocycles. The van der Waals surface area contributed by atoms with Crippen LogP contribution in [0.5, 0.6) is 11.5 Å². The van der Waals surface area contributed by atoms with Crippen molar-refractivity contribution in [3.8, 4) is 50.9 Å². The highest BCUT2D eigenvalue weighted by atomic mass is 16.5. The molecule has 0 atom stereocenters. The minimum Gasteiger partial charge on any atom is -0.458 e. The van der Waals surface area contributed by atoms with E-state index >= 15 is 0 Å². The number of rotatable bonds is 7. The highest BCUT2D eigenvalue weighted by molar-refractivity contribution is 6.09. The summed E-state index contributed by atoms with van der Waals surface area (Å²) in [5.74, 6) is 2.37. The molecule has 0 saturated heterocycles. The molecule has 0 aliphatic heterocycles. The second-order valence-electron chi connectivity index (χ2n) is 20.4. The van der Waals surface area contributed by atoms with Gasteiger partial charge in [-0.2, -0.15) is 0 Å². The van der Waals surface area contributed by atoms with Crippen LogP contribution in [0.2, 0.25) is 0 Å². The van der Waals surface area contributed by atoms with Crippen LogP contribution in [0.4, 0.5) is 0 Å². The Hall–Kier alpha value is -7.24. The van der Waals surface area contributed by atoms with E-state index in [-0.39, 0.29) is 16.2 Å². The average Bonchev–Trinajstić information content (AvgIpc) is 3.84. The lowest BCUT2D eigenvalue weighted by molar-refractivity contribution is -0.571. The Morgan fingerprint density at radius 2 is 1.05 bits per heavy atom. The van der Waals surface area contributed by atoms with Crippen LogP contribution in [0.15, 0.2) is 176 Å². The minimum absolute atomic E-state index is 0.00334. The number of hydrogen-bond donors (Lipinski definition) is 0. The number of para-hydroxylation sites is 4. The lowest BCUT2D eigenvalue weighted by Gasteiger charge is -2.23. The summed E-state index contributed by atoms with van der Waals surface area (Å²) in [6.07, 6.45) is 5.79. The third kappa shape index (κ3) is 7.80. The van der Waals surface area contributed by atoms with Gasteiger partial charge in [0.2, 0.25) is 0 Å². The summed E-state index contributed by atoms with van der Waals surface area (Å²) < 4.78 is 13.5. The molecule has 0 amide bonds. The fourth-order valence-electron chi connectivity index (χ4n) is 9.06. The molecule has 3 heterocycles. The van der Waals surface area contributed by atoms with Gasteiger partial charge in [0.1, 0.15) is 17.3 Å². The second kappa shape index (κ2) is 15.8. The van der Waals surface area contributed by atoms with E-state index in [4.69, 9.17) is 9.72 Å². The molecular weight excluding hydrogens is 793 g/mol. The van der Waals surface area contributed by atoms with Crippen molar-refractivity contribution in [3.05, 3.63) is 199 Å². The highest BCUT2D eigenvalue weighted by Gasteiger charge is 2.23. The van der Waals surface area contributed by atoms with Crippen molar-refractivity contribution < 1.29 is 9.30 Å². The van der Waals surface area contributed by atoms with Crippen molar-refractivity contribution in [1.29, 1.82) is 0 Å². The number of pyridine rings is 1. The number of benzene rings is 7. The zero-order valence-electron chi connectivity index (χ0n) is 38.9. The number of imidazole rings is 1. The van der Waals surface area contributed by atoms with Crippen molar-refractivity contribution in [3.63, 3.8) is 0 Å². The molecule has 0 radical (unpaired) electrons. The lowest BCUT2D eigenvalue weighted by atomic mass is 9.84. The van der Waals surface area contributed by atoms with E-state index in [1.54, 1.807) is 0 Å². The molecule has 7 aromatic carbocycles. The van der Waals surface area contributed by atoms with E-state index in [9.17, 15) is 0 Å². The third-order valence-electron chi connectivity index (χ3n) is 12.7. The van der Waals surface area contributed by atoms with Crippen LogP contribution in [-0.2, 0) is 16.2 Å². The van der Waals surface area contributed by atoms with Crippen LogP contribution in [0, 0.1) is 6.33 Å². The van der Waals surface area contributed by atoms with Crippen molar-refractivity contribution in [1.82, 2.24) is 14.1 Å². The molecule has 0 unspecified atom stereocenters. The number of nitrogens with zero attached hydrogens (tertiary/aromatic N) is 4. The fraction of sp³-hybridized carbons (Fsp3) is 0.200. The van der Waals surface area contributed by atoms with E-state index in [2.05, 4.69) is 246 Å². The summed E-state index contributed by atoms with van der Waals surface area (Å²) >= 11 is 0. The maximum atomic E-state index is 6.78. The Bertz CT molecular complexity index is 3340. The Kier molecular flexibility index (Phi) is 10.1. The number of fused-ring (bicyclic) bond motifs is 4. The first-order chi connectivity index (χ1) is 31.1. The van der Waals surface area contributed by atoms with Gasteiger partial charge in [0.05, 0.1) is 33.4 Å². The quantitative estimate of drug-likeness (QED) is 0.118. The molecular formula is C60H56N4O. The largest absolute Gasteiger partial charge is 0.458 e. The summed E-state index contributed by atoms with van der Waals surface area (Å²) in [5, 5.41) is 2.33. The average molecular weight is 849 g/mol. The summed E-state index contributed by atoms with van der Waals surface area (Å²) in [6.45, 7) is 20.4. The second-order valence-corrected chi connectivity index (χ2v) is 20.4. The van der Waals surface area contributed by atoms with Crippen LogP contribution in [-0.4, -0.2) is 14.1 Å². The molecule has 0 spiro atoms. The zero-order chi connectivity index (χ0) is 45.3. The fourth-order valence-corrected chi connectivity index (χ4v) is 9.06.